The first kappa shape index (κ1) is 24.3. The molecule has 3 unspecified atom stereocenters. The maximum Gasteiger partial charge on any atom is 0.175 e. The number of hydrogen-bond acceptors (Lipinski definition) is 5. The minimum Gasteiger partial charge on any atom is -0.507 e. The number of fused-ring (bicyclic) bond motifs is 3. The Hall–Kier alpha value is -2.82. The van der Waals surface area contributed by atoms with Gasteiger partial charge in [0.1, 0.15) is 5.76 Å². The van der Waals surface area contributed by atoms with Gasteiger partial charge >= 0.3 is 0 Å². The van der Waals surface area contributed by atoms with E-state index >= 15 is 0 Å². The van der Waals surface area contributed by atoms with Gasteiger partial charge in [0.15, 0.2) is 11.6 Å². The summed E-state index contributed by atoms with van der Waals surface area (Å²) in [5.41, 5.74) is 5.26. The lowest BCUT2D eigenvalue weighted by atomic mass is 9.61. The molecule has 5 heteroatoms. The maximum absolute atomic E-state index is 13.8. The Morgan fingerprint density at radius 1 is 1.24 bits per heavy atom. The lowest BCUT2D eigenvalue weighted by Gasteiger charge is -2.42. The molecule has 0 saturated heterocycles. The minimum absolute atomic E-state index is 0.0316. The van der Waals surface area contributed by atoms with Gasteiger partial charge in [-0.2, -0.15) is 0 Å². The number of aryl methyl sites for hydroxylation is 1. The van der Waals surface area contributed by atoms with Crippen molar-refractivity contribution in [1.82, 2.24) is 5.32 Å². The van der Waals surface area contributed by atoms with Crippen LogP contribution in [0.1, 0.15) is 63.1 Å². The number of aliphatic hydroxyl groups is 1. The SMILES string of the molecule is C=C(NC(C)(C)CCC)C1=CCC2CC3Cc4c(N(C)C)ccc(C)c4C(O)=C3C(=O)C2C1=O. The Bertz CT molecular complexity index is 1120. The van der Waals surface area contributed by atoms with Crippen molar-refractivity contribution in [3.63, 3.8) is 0 Å². The van der Waals surface area contributed by atoms with Crippen LogP contribution in [-0.2, 0) is 16.0 Å². The molecule has 5 nitrogen and oxygen atoms in total. The van der Waals surface area contributed by atoms with Gasteiger partial charge in [-0.3, -0.25) is 9.59 Å². The van der Waals surface area contributed by atoms with Crippen molar-refractivity contribution in [3.8, 4) is 0 Å². The van der Waals surface area contributed by atoms with Crippen LogP contribution in [-0.4, -0.2) is 36.3 Å². The van der Waals surface area contributed by atoms with E-state index in [9.17, 15) is 14.7 Å². The summed E-state index contributed by atoms with van der Waals surface area (Å²) in [4.78, 5) is 29.4. The highest BCUT2D eigenvalue weighted by Crippen LogP contribution is 2.49. The highest BCUT2D eigenvalue weighted by molar-refractivity contribution is 6.20. The summed E-state index contributed by atoms with van der Waals surface area (Å²) < 4.78 is 0. The Labute approximate surface area is 203 Å². The quantitative estimate of drug-likeness (QED) is 0.562. The van der Waals surface area contributed by atoms with Crippen molar-refractivity contribution in [3.05, 3.63) is 58.3 Å². The van der Waals surface area contributed by atoms with Crippen molar-refractivity contribution >= 4 is 23.0 Å². The standard InChI is InChI=1S/C29H38N2O3/c1-8-13-29(4,5)30-17(3)20-11-10-18-14-19-15-21-22(31(6)7)12-9-16(2)23(21)27(33)25(19)28(34)24(18)26(20)32/h9,11-12,18-19,24,30,33H,3,8,10,13-15H2,1-2,4-7H3. The molecule has 0 radical (unpaired) electrons. The zero-order chi connectivity index (χ0) is 24.9. The number of allylic oxidation sites excluding steroid dienone is 3. The van der Waals surface area contributed by atoms with Gasteiger partial charge in [-0.25, -0.2) is 0 Å². The van der Waals surface area contributed by atoms with E-state index < -0.39 is 5.92 Å². The van der Waals surface area contributed by atoms with E-state index in [-0.39, 0.29) is 34.7 Å². The molecule has 1 aromatic rings. The summed E-state index contributed by atoms with van der Waals surface area (Å²) in [6, 6.07) is 4.07. The minimum atomic E-state index is -0.736. The molecule has 1 saturated carbocycles. The van der Waals surface area contributed by atoms with Gasteiger partial charge in [-0.05, 0) is 75.5 Å². The first-order chi connectivity index (χ1) is 16.0. The Balaban J connectivity index is 1.69. The summed E-state index contributed by atoms with van der Waals surface area (Å²) in [6.45, 7) is 12.4. The molecule has 34 heavy (non-hydrogen) atoms. The molecule has 3 atom stereocenters. The number of aliphatic hydroxyl groups excluding tert-OH is 1. The van der Waals surface area contributed by atoms with Crippen LogP contribution in [0.2, 0.25) is 0 Å². The van der Waals surface area contributed by atoms with E-state index in [1.165, 1.54) is 0 Å². The van der Waals surface area contributed by atoms with E-state index in [1.54, 1.807) is 0 Å². The topological polar surface area (TPSA) is 69.6 Å². The zero-order valence-electron chi connectivity index (χ0n) is 21.4. The van der Waals surface area contributed by atoms with Crippen LogP contribution < -0.4 is 10.2 Å². The molecule has 1 fully saturated rings. The van der Waals surface area contributed by atoms with Crippen LogP contribution in [0.4, 0.5) is 5.69 Å². The number of carbonyl (C=O) groups is 2. The van der Waals surface area contributed by atoms with Crippen molar-refractivity contribution < 1.29 is 14.7 Å². The Morgan fingerprint density at radius 3 is 2.59 bits per heavy atom. The summed E-state index contributed by atoms with van der Waals surface area (Å²) >= 11 is 0. The predicted molar refractivity (Wildman–Crippen MR) is 138 cm³/mol. The van der Waals surface area contributed by atoms with Gasteiger partial charge < -0.3 is 15.3 Å². The van der Waals surface area contributed by atoms with E-state index in [1.807, 2.05) is 33.2 Å². The summed E-state index contributed by atoms with van der Waals surface area (Å²) in [5.74, 6) is -1.11. The molecule has 0 aliphatic heterocycles. The monoisotopic (exact) mass is 462 g/mol. The number of rotatable bonds is 6. The van der Waals surface area contributed by atoms with Gasteiger partial charge in [0.2, 0.25) is 0 Å². The molecule has 2 N–H and O–H groups in total. The zero-order valence-corrected chi connectivity index (χ0v) is 21.4. The number of nitrogens with zero attached hydrogens (tertiary/aromatic N) is 1. The van der Waals surface area contributed by atoms with Crippen molar-refractivity contribution in [2.75, 3.05) is 19.0 Å². The van der Waals surface area contributed by atoms with Crippen molar-refractivity contribution in [2.24, 2.45) is 17.8 Å². The Morgan fingerprint density at radius 2 is 1.94 bits per heavy atom. The van der Waals surface area contributed by atoms with Gasteiger partial charge in [0, 0.05) is 47.7 Å². The fourth-order valence-electron chi connectivity index (χ4n) is 6.33. The highest BCUT2D eigenvalue weighted by atomic mass is 16.3. The molecule has 0 spiro atoms. The first-order valence-electron chi connectivity index (χ1n) is 12.5. The lowest BCUT2D eigenvalue weighted by molar-refractivity contribution is -0.133. The second kappa shape index (κ2) is 8.75. The Kier molecular flexibility index (Phi) is 6.26. The molecule has 1 aromatic carbocycles. The molecule has 4 rings (SSSR count). The molecule has 3 aliphatic rings. The predicted octanol–water partition coefficient (Wildman–Crippen LogP) is 5.29. The van der Waals surface area contributed by atoms with Crippen LogP contribution >= 0.6 is 0 Å². The number of ketones is 2. The molecule has 0 aromatic heterocycles. The summed E-state index contributed by atoms with van der Waals surface area (Å²) in [6.07, 6.45) is 6.06. The van der Waals surface area contributed by atoms with Crippen molar-refractivity contribution in [2.45, 2.75) is 65.3 Å². The first-order valence-corrected chi connectivity index (χ1v) is 12.5. The maximum atomic E-state index is 13.8. The second-order valence-electron chi connectivity index (χ2n) is 11.1. The van der Waals surface area contributed by atoms with E-state index in [2.05, 4.69) is 43.6 Å². The number of carbonyl (C=O) groups excluding carboxylic acids is 2. The number of Topliss-reactive ketones (excluding diaryl/α,β-unsaturated/α-hetero) is 2. The molecule has 0 bridgehead atoms. The number of benzene rings is 1. The lowest BCUT2D eigenvalue weighted by Crippen LogP contribution is -2.46. The van der Waals surface area contributed by atoms with E-state index in [0.717, 1.165) is 41.6 Å². The second-order valence-corrected chi connectivity index (χ2v) is 11.1. The number of hydrogen-bond donors (Lipinski definition) is 2. The average Bonchev–Trinajstić information content (AvgIpc) is 2.72. The highest BCUT2D eigenvalue weighted by Gasteiger charge is 2.49. The smallest absolute Gasteiger partial charge is 0.175 e. The normalized spacial score (nSPS) is 24.2. The molecule has 0 amide bonds. The van der Waals surface area contributed by atoms with E-state index in [0.29, 0.717) is 29.7 Å². The number of nitrogens with one attached hydrogen (secondary N) is 1. The molecular formula is C29H38N2O3. The largest absolute Gasteiger partial charge is 0.507 e. The van der Waals surface area contributed by atoms with Gasteiger partial charge in [-0.15, -0.1) is 0 Å². The fourth-order valence-corrected chi connectivity index (χ4v) is 6.33. The fraction of sp³-hybridized carbons (Fsp3) is 0.517. The molecule has 3 aliphatic carbocycles. The van der Waals surface area contributed by atoms with Gasteiger partial charge in [0.25, 0.3) is 0 Å². The number of anilines is 1. The third-order valence-electron chi connectivity index (χ3n) is 7.80. The average molecular weight is 463 g/mol. The van der Waals surface area contributed by atoms with Gasteiger partial charge in [-0.1, -0.05) is 32.1 Å². The third kappa shape index (κ3) is 3.99. The van der Waals surface area contributed by atoms with Crippen LogP contribution in [0.5, 0.6) is 0 Å². The van der Waals surface area contributed by atoms with Crippen LogP contribution in [0.25, 0.3) is 5.76 Å². The molecular weight excluding hydrogens is 424 g/mol. The van der Waals surface area contributed by atoms with Crippen LogP contribution in [0.15, 0.2) is 41.6 Å². The summed E-state index contributed by atoms with van der Waals surface area (Å²) in [7, 11) is 4.00. The van der Waals surface area contributed by atoms with Gasteiger partial charge in [0.05, 0.1) is 5.92 Å². The van der Waals surface area contributed by atoms with Crippen molar-refractivity contribution in [1.29, 1.82) is 0 Å². The third-order valence-corrected chi connectivity index (χ3v) is 7.80. The van der Waals surface area contributed by atoms with Crippen LogP contribution in [0.3, 0.4) is 0 Å². The van der Waals surface area contributed by atoms with Crippen LogP contribution in [0, 0.1) is 24.7 Å². The molecule has 0 heterocycles. The molecule has 182 valence electrons. The van der Waals surface area contributed by atoms with E-state index in [4.69, 9.17) is 0 Å². The summed E-state index contributed by atoms with van der Waals surface area (Å²) in [5, 5.41) is 14.8.